The fraction of sp³-hybridized carbons (Fsp3) is 0.409. The Balaban J connectivity index is 1.34. The smallest absolute Gasteiger partial charge is 0.317 e. The molecule has 0 atom stereocenters. The monoisotopic (exact) mass is 385 g/mol. The maximum Gasteiger partial charge on any atom is 0.317 e. The van der Waals surface area contributed by atoms with Crippen molar-refractivity contribution in [2.75, 3.05) is 46.4 Å². The third kappa shape index (κ3) is 5.96. The number of nitrogens with zero attached hydrogens (tertiary/aromatic N) is 2. The fourth-order valence-electron chi connectivity index (χ4n) is 3.37. The van der Waals surface area contributed by atoms with Crippen molar-refractivity contribution >= 4 is 6.03 Å². The van der Waals surface area contributed by atoms with Gasteiger partial charge in [-0.05, 0) is 48.2 Å². The van der Waals surface area contributed by atoms with Crippen molar-refractivity contribution < 1.29 is 13.9 Å². The number of urea groups is 1. The number of nitrogens with one attached hydrogen (secondary N) is 1. The molecule has 0 spiro atoms. The quantitative estimate of drug-likeness (QED) is 0.797. The predicted molar refractivity (Wildman–Crippen MR) is 108 cm³/mol. The minimum atomic E-state index is -0.199. The second-order valence-corrected chi connectivity index (χ2v) is 7.04. The molecule has 6 heteroatoms. The van der Waals surface area contributed by atoms with Crippen molar-refractivity contribution in [3.8, 4) is 5.75 Å². The Labute approximate surface area is 166 Å². The molecule has 0 aromatic heterocycles. The van der Waals surface area contributed by atoms with Gasteiger partial charge in [0.2, 0.25) is 0 Å². The summed E-state index contributed by atoms with van der Waals surface area (Å²) in [5.41, 5.74) is 2.28. The molecule has 28 heavy (non-hydrogen) atoms. The molecule has 0 bridgehead atoms. The van der Waals surface area contributed by atoms with Crippen molar-refractivity contribution in [2.24, 2.45) is 0 Å². The van der Waals surface area contributed by atoms with E-state index in [1.54, 1.807) is 7.11 Å². The molecule has 1 N–H and O–H groups in total. The summed E-state index contributed by atoms with van der Waals surface area (Å²) in [5.74, 6) is 0.635. The average Bonchev–Trinajstić information content (AvgIpc) is 2.74. The summed E-state index contributed by atoms with van der Waals surface area (Å²) >= 11 is 0. The number of halogens is 1. The van der Waals surface area contributed by atoms with E-state index in [-0.39, 0.29) is 11.8 Å². The van der Waals surface area contributed by atoms with Gasteiger partial charge in [0.15, 0.2) is 0 Å². The van der Waals surface area contributed by atoms with Crippen LogP contribution in [0.25, 0.3) is 0 Å². The van der Waals surface area contributed by atoms with Gasteiger partial charge in [0.05, 0.1) is 7.11 Å². The number of hydrogen-bond donors (Lipinski definition) is 1. The number of ether oxygens (including phenoxy) is 1. The summed E-state index contributed by atoms with van der Waals surface area (Å²) in [7, 11) is 1.65. The number of rotatable bonds is 7. The second kappa shape index (κ2) is 10.1. The van der Waals surface area contributed by atoms with Crippen molar-refractivity contribution in [1.29, 1.82) is 0 Å². The highest BCUT2D eigenvalue weighted by Gasteiger charge is 2.20. The summed E-state index contributed by atoms with van der Waals surface area (Å²) in [5, 5.41) is 3.01. The van der Waals surface area contributed by atoms with E-state index in [1.807, 2.05) is 41.3 Å². The molecule has 1 aliphatic heterocycles. The maximum absolute atomic E-state index is 13.0. The Morgan fingerprint density at radius 3 is 2.50 bits per heavy atom. The number of methoxy groups -OCH3 is 1. The largest absolute Gasteiger partial charge is 0.497 e. The molecule has 0 radical (unpaired) electrons. The first-order chi connectivity index (χ1) is 13.6. The Hall–Kier alpha value is -2.60. The molecule has 0 unspecified atom stereocenters. The normalized spacial score (nSPS) is 14.7. The number of amides is 2. The summed E-state index contributed by atoms with van der Waals surface area (Å²) in [6.45, 7) is 4.73. The Morgan fingerprint density at radius 1 is 1.04 bits per heavy atom. The van der Waals surface area contributed by atoms with Crippen molar-refractivity contribution in [1.82, 2.24) is 15.1 Å². The molecule has 1 aliphatic rings. The van der Waals surface area contributed by atoms with Gasteiger partial charge in [-0.15, -0.1) is 0 Å². The maximum atomic E-state index is 13.0. The van der Waals surface area contributed by atoms with E-state index >= 15 is 0 Å². The molecule has 1 fully saturated rings. The first-order valence-electron chi connectivity index (χ1n) is 9.76. The van der Waals surface area contributed by atoms with E-state index in [0.29, 0.717) is 6.54 Å². The molecular formula is C22H28FN3O2. The van der Waals surface area contributed by atoms with Crippen LogP contribution in [-0.2, 0) is 12.8 Å². The van der Waals surface area contributed by atoms with Crippen LogP contribution in [0, 0.1) is 5.82 Å². The van der Waals surface area contributed by atoms with E-state index in [9.17, 15) is 9.18 Å². The Morgan fingerprint density at radius 2 is 1.79 bits per heavy atom. The number of piperazine rings is 1. The zero-order valence-electron chi connectivity index (χ0n) is 16.4. The highest BCUT2D eigenvalue weighted by atomic mass is 19.1. The highest BCUT2D eigenvalue weighted by molar-refractivity contribution is 5.74. The van der Waals surface area contributed by atoms with Gasteiger partial charge in [-0.1, -0.05) is 24.3 Å². The van der Waals surface area contributed by atoms with Gasteiger partial charge in [0, 0.05) is 39.3 Å². The summed E-state index contributed by atoms with van der Waals surface area (Å²) in [6.07, 6.45) is 1.67. The zero-order valence-corrected chi connectivity index (χ0v) is 16.4. The van der Waals surface area contributed by atoms with E-state index in [4.69, 9.17) is 4.74 Å². The van der Waals surface area contributed by atoms with Gasteiger partial charge < -0.3 is 15.0 Å². The SMILES string of the molecule is COc1cccc(CCNC(=O)N2CCN(CCc3ccc(F)cc3)CC2)c1. The zero-order chi connectivity index (χ0) is 19.8. The summed E-state index contributed by atoms with van der Waals surface area (Å²) in [6, 6.07) is 14.6. The number of carbonyl (C=O) groups is 1. The molecule has 0 saturated carbocycles. The van der Waals surface area contributed by atoms with Crippen LogP contribution in [0.1, 0.15) is 11.1 Å². The fourth-order valence-corrected chi connectivity index (χ4v) is 3.37. The average molecular weight is 385 g/mol. The lowest BCUT2D eigenvalue weighted by Crippen LogP contribution is -2.52. The van der Waals surface area contributed by atoms with Gasteiger partial charge in [-0.3, -0.25) is 4.90 Å². The molecule has 1 saturated heterocycles. The molecule has 3 rings (SSSR count). The molecule has 150 valence electrons. The van der Waals surface area contributed by atoms with Crippen molar-refractivity contribution in [3.05, 3.63) is 65.5 Å². The molecular weight excluding hydrogens is 357 g/mol. The first kappa shape index (κ1) is 20.1. The lowest BCUT2D eigenvalue weighted by molar-refractivity contribution is 0.140. The van der Waals surface area contributed by atoms with Crippen molar-refractivity contribution in [2.45, 2.75) is 12.8 Å². The Kier molecular flexibility index (Phi) is 7.25. The molecule has 0 aliphatic carbocycles. The van der Waals surface area contributed by atoms with Crippen LogP contribution in [0.2, 0.25) is 0 Å². The topological polar surface area (TPSA) is 44.8 Å². The minimum absolute atomic E-state index is 0.00100. The van der Waals surface area contributed by atoms with Gasteiger partial charge >= 0.3 is 6.03 Å². The van der Waals surface area contributed by atoms with E-state index < -0.39 is 0 Å². The van der Waals surface area contributed by atoms with Crippen LogP contribution >= 0.6 is 0 Å². The molecule has 2 amide bonds. The van der Waals surface area contributed by atoms with E-state index in [0.717, 1.165) is 62.4 Å². The first-order valence-corrected chi connectivity index (χ1v) is 9.76. The minimum Gasteiger partial charge on any atom is -0.497 e. The van der Waals surface area contributed by atoms with Crippen LogP contribution in [0.5, 0.6) is 5.75 Å². The van der Waals surface area contributed by atoms with Gasteiger partial charge in [0.25, 0.3) is 0 Å². The van der Waals surface area contributed by atoms with Gasteiger partial charge in [0.1, 0.15) is 11.6 Å². The number of hydrogen-bond acceptors (Lipinski definition) is 3. The molecule has 2 aromatic carbocycles. The molecule has 1 heterocycles. The third-order valence-corrected chi connectivity index (χ3v) is 5.11. The van der Waals surface area contributed by atoms with Crippen LogP contribution in [0.15, 0.2) is 48.5 Å². The van der Waals surface area contributed by atoms with E-state index in [1.165, 1.54) is 12.1 Å². The van der Waals surface area contributed by atoms with Crippen LogP contribution < -0.4 is 10.1 Å². The lowest BCUT2D eigenvalue weighted by atomic mass is 10.1. The number of benzene rings is 2. The molecule has 5 nitrogen and oxygen atoms in total. The van der Waals surface area contributed by atoms with Crippen LogP contribution in [-0.4, -0.2) is 62.2 Å². The standard InChI is InChI=1S/C22H28FN3O2/c1-28-21-4-2-3-19(17-21)9-11-24-22(27)26-15-13-25(14-16-26)12-10-18-5-7-20(23)8-6-18/h2-8,17H,9-16H2,1H3,(H,24,27). The third-order valence-electron chi connectivity index (χ3n) is 5.11. The predicted octanol–water partition coefficient (Wildman–Crippen LogP) is 2.95. The van der Waals surface area contributed by atoms with Crippen LogP contribution in [0.3, 0.4) is 0 Å². The summed E-state index contributed by atoms with van der Waals surface area (Å²) in [4.78, 5) is 16.6. The summed E-state index contributed by atoms with van der Waals surface area (Å²) < 4.78 is 18.2. The second-order valence-electron chi connectivity index (χ2n) is 7.04. The van der Waals surface area contributed by atoms with Crippen LogP contribution in [0.4, 0.5) is 9.18 Å². The highest BCUT2D eigenvalue weighted by Crippen LogP contribution is 2.12. The number of carbonyl (C=O) groups excluding carboxylic acids is 1. The van der Waals surface area contributed by atoms with Crippen molar-refractivity contribution in [3.63, 3.8) is 0 Å². The molecule has 2 aromatic rings. The van der Waals surface area contributed by atoms with Gasteiger partial charge in [-0.25, -0.2) is 9.18 Å². The van der Waals surface area contributed by atoms with Gasteiger partial charge in [-0.2, -0.15) is 0 Å². The lowest BCUT2D eigenvalue weighted by Gasteiger charge is -2.34. The Bertz CT molecular complexity index is 759. The van der Waals surface area contributed by atoms with E-state index in [2.05, 4.69) is 10.2 Å².